The smallest absolute Gasteiger partial charge is 0.412 e. The zero-order valence-corrected chi connectivity index (χ0v) is 18.0. The molecule has 0 saturated carbocycles. The lowest BCUT2D eigenvalue weighted by Gasteiger charge is -1.69. The van der Waals surface area contributed by atoms with Gasteiger partial charge in [-0.05, 0) is 0 Å². The van der Waals surface area contributed by atoms with Gasteiger partial charge in [-0.3, -0.25) is 0 Å². The second-order valence-corrected chi connectivity index (χ2v) is 1.73. The molecule has 0 aromatic rings. The van der Waals surface area contributed by atoms with Gasteiger partial charge in [0.25, 0.3) is 0 Å². The zero-order valence-electron chi connectivity index (χ0n) is 18.0. The fourth-order valence-corrected chi connectivity index (χ4v) is 0. The van der Waals surface area contributed by atoms with Crippen molar-refractivity contribution in [2.24, 2.45) is 0 Å². The Morgan fingerprint density at radius 3 is 0.182 bits per heavy atom. The van der Waals surface area contributed by atoms with Crippen LogP contribution >= 0.6 is 0 Å². The van der Waals surface area contributed by atoms with Gasteiger partial charge in [-0.2, -0.15) is 0 Å². The summed E-state index contributed by atoms with van der Waals surface area (Å²) in [6.45, 7) is 0. The van der Waals surface area contributed by atoms with E-state index < -0.39 is 36.6 Å². The molecule has 33 heavy (non-hydrogen) atoms. The Morgan fingerprint density at radius 2 is 0.182 bits per heavy atom. The van der Waals surface area contributed by atoms with Gasteiger partial charge >= 0.3 is 36.6 Å². The van der Waals surface area contributed by atoms with Crippen LogP contribution in [0.2, 0.25) is 0 Å². The molecule has 0 spiro atoms. The fourth-order valence-electron chi connectivity index (χ4n) is 0. The first-order valence-corrected chi connectivity index (χ1v) is 3.87. The molecule has 0 aliphatic rings. The first kappa shape index (κ1) is 155. The van der Waals surface area contributed by atoms with Crippen LogP contribution in [0.3, 0.4) is 0 Å². The van der Waals surface area contributed by atoms with Crippen molar-refractivity contribution in [2.75, 3.05) is 0 Å². The molecule has 50 N–H and O–H groups in total. The van der Waals surface area contributed by atoms with Crippen LogP contribution in [0.1, 0.15) is 0 Å². The largest absolute Gasteiger partial charge is 0.631 e. The van der Waals surface area contributed by atoms with Crippen molar-refractivity contribution in [1.29, 1.82) is 0 Å². The van der Waals surface area contributed by atoms with Crippen LogP contribution in [0.4, 0.5) is 0 Å². The van der Waals surface area contributed by atoms with Crippen molar-refractivity contribution in [3.63, 3.8) is 0 Å². The molecule has 0 rings (SSSR count). The normalized spacial score (nSPS) is 4.09. The van der Waals surface area contributed by atoms with Crippen molar-refractivity contribution in [3.8, 4) is 0 Å². The summed E-state index contributed by atoms with van der Waals surface area (Å²) in [5, 5.41) is 108. The van der Waals surface area contributed by atoms with E-state index in [1.807, 2.05) is 0 Å². The molecule has 0 heterocycles. The van der Waals surface area contributed by atoms with Crippen LogP contribution in [0.15, 0.2) is 0 Å². The maximum atomic E-state index is 7.17. The van der Waals surface area contributed by atoms with Crippen LogP contribution in [0.5, 0.6) is 0 Å². The third-order valence-electron chi connectivity index (χ3n) is 0. The Bertz CT molecular complexity index is 104. The van der Waals surface area contributed by atoms with Crippen LogP contribution in [0, 0.1) is 0 Å². The molecule has 0 amide bonds. The van der Waals surface area contributed by atoms with Crippen LogP contribution in [0.25, 0.3) is 0 Å². The van der Waals surface area contributed by atoms with Gasteiger partial charge in [-0.15, -0.1) is 0 Å². The van der Waals surface area contributed by atoms with Gasteiger partial charge in [0.05, 0.1) is 0 Å². The second-order valence-electron chi connectivity index (χ2n) is 1.73. The van der Waals surface area contributed by atoms with Crippen LogP contribution < -0.4 is 55.4 Å². The first-order chi connectivity index (χ1) is 8.66. The lowest BCUT2D eigenvalue weighted by Crippen LogP contribution is -2.07. The van der Waals surface area contributed by atoms with Gasteiger partial charge in [-0.25, -0.2) is 0 Å². The Kier molecular flexibility index (Phi) is 664. The van der Waals surface area contributed by atoms with E-state index in [0.29, 0.717) is 0 Å². The molecule has 0 bridgehead atoms. The monoisotopic (exact) mass is 535 g/mol. The predicted molar refractivity (Wildman–Crippen MR) is 122 cm³/mol. The van der Waals surface area contributed by atoms with Crippen molar-refractivity contribution < 1.29 is 97.3 Å². The van der Waals surface area contributed by atoms with Crippen LogP contribution in [-0.2, 0) is 0 Å². The molecule has 33 heteroatoms. The maximum Gasteiger partial charge on any atom is 0.631 e. The summed E-state index contributed by atoms with van der Waals surface area (Å²) >= 11 is 0. The van der Waals surface area contributed by atoms with Crippen molar-refractivity contribution in [1.82, 2.24) is 55.4 Å². The minimum Gasteiger partial charge on any atom is -0.412 e. The standard InChI is InChI=1S/5BH3O3.9H3N.4H2O/c5*2-1(3)4;;;;;;;;;;;;;/h5*2-4H;9*1H3;4*1H2. The van der Waals surface area contributed by atoms with Crippen LogP contribution in [-0.4, -0.2) is 134 Å². The topological polar surface area (TPSA) is 744 Å². The Hall–Kier alpha value is -0.795. The summed E-state index contributed by atoms with van der Waals surface area (Å²) in [4.78, 5) is 0. The Balaban J connectivity index is -0.00000000485. The zero-order chi connectivity index (χ0) is 17.9. The average Bonchev–Trinajstić information content (AvgIpc) is 1.94. The summed E-state index contributed by atoms with van der Waals surface area (Å²) in [5.74, 6) is 0. The quantitative estimate of drug-likeness (QED) is 0.128. The summed E-state index contributed by atoms with van der Waals surface area (Å²) in [5.41, 5.74) is 0. The molecule has 0 fully saturated rings. The van der Waals surface area contributed by atoms with E-state index in [1.54, 1.807) is 0 Å². The molecule has 0 aromatic carbocycles. The molecule has 28 nitrogen and oxygen atoms in total. The summed E-state index contributed by atoms with van der Waals surface area (Å²) < 4.78 is 0. The SMILES string of the molecule is N.N.N.N.N.N.N.N.N.O.O.O.O.OB(O)O.OB(O)O.OB(O)O.OB(O)O.OB(O)O. The number of hydrogen-bond donors (Lipinski definition) is 24. The molecule has 224 valence electrons. The van der Waals surface area contributed by atoms with Crippen molar-refractivity contribution >= 4 is 36.6 Å². The minimum absolute atomic E-state index is 0. The third-order valence-corrected chi connectivity index (χ3v) is 0. The summed E-state index contributed by atoms with van der Waals surface area (Å²) in [7, 11) is -10.8. The molecule has 0 aliphatic carbocycles. The molecule has 0 unspecified atom stereocenters. The number of rotatable bonds is 0. The maximum absolute atomic E-state index is 7.17. The van der Waals surface area contributed by atoms with Gasteiger partial charge in [-0.1, -0.05) is 0 Å². The highest BCUT2D eigenvalue weighted by molar-refractivity contribution is 6.31. The van der Waals surface area contributed by atoms with Crippen molar-refractivity contribution in [2.45, 2.75) is 0 Å². The molecule has 0 aliphatic heterocycles. The number of hydrogen-bond acceptors (Lipinski definition) is 24. The molecular formula is H50B5N9O19. The fraction of sp³-hybridized carbons (Fsp3) is 0. The van der Waals surface area contributed by atoms with E-state index >= 15 is 0 Å². The van der Waals surface area contributed by atoms with E-state index in [1.165, 1.54) is 0 Å². The summed E-state index contributed by atoms with van der Waals surface area (Å²) in [6, 6.07) is 0. The van der Waals surface area contributed by atoms with Gasteiger partial charge < -0.3 is 153 Å². The van der Waals surface area contributed by atoms with Gasteiger partial charge in [0.2, 0.25) is 0 Å². The first-order valence-electron chi connectivity index (χ1n) is 3.87. The van der Waals surface area contributed by atoms with E-state index in [2.05, 4.69) is 0 Å². The highest BCUT2D eigenvalue weighted by atomic mass is 16.5. The van der Waals surface area contributed by atoms with E-state index in [-0.39, 0.29) is 77.3 Å². The van der Waals surface area contributed by atoms with Gasteiger partial charge in [0, 0.05) is 0 Å². The average molecular weight is 535 g/mol. The highest BCUT2D eigenvalue weighted by Crippen LogP contribution is 1.41. The molecule has 0 atom stereocenters. The van der Waals surface area contributed by atoms with Gasteiger partial charge in [0.15, 0.2) is 0 Å². The molecule has 0 radical (unpaired) electrons. The Labute approximate surface area is 190 Å². The lowest BCUT2D eigenvalue weighted by molar-refractivity contribution is 0.276. The minimum atomic E-state index is -2.17. The molecule has 0 aromatic heterocycles. The second kappa shape index (κ2) is 141. The van der Waals surface area contributed by atoms with E-state index in [9.17, 15) is 0 Å². The van der Waals surface area contributed by atoms with Gasteiger partial charge in [0.1, 0.15) is 0 Å². The highest BCUT2D eigenvalue weighted by Gasteiger charge is 1.94. The molecule has 0 saturated heterocycles. The van der Waals surface area contributed by atoms with E-state index in [0.717, 1.165) is 0 Å². The summed E-state index contributed by atoms with van der Waals surface area (Å²) in [6.07, 6.45) is 0. The Morgan fingerprint density at radius 1 is 0.182 bits per heavy atom. The lowest BCUT2D eigenvalue weighted by atomic mass is 10.3. The third kappa shape index (κ3) is 42100. The molecular weight excluding hydrogens is 484 g/mol. The predicted octanol–water partition coefficient (Wildman–Crippen LogP) is -12.1. The van der Waals surface area contributed by atoms with Crippen molar-refractivity contribution in [3.05, 3.63) is 0 Å². The van der Waals surface area contributed by atoms with E-state index in [4.69, 9.17) is 75.4 Å².